The van der Waals surface area contributed by atoms with E-state index in [1.54, 1.807) is 0 Å². The molecule has 0 saturated heterocycles. The number of aliphatic imine (C=N–C) groups is 1. The van der Waals surface area contributed by atoms with Crippen LogP contribution in [0.15, 0.2) is 120 Å². The highest BCUT2D eigenvalue weighted by Gasteiger charge is 2.27. The van der Waals surface area contributed by atoms with Crippen LogP contribution >= 0.6 is 11.3 Å². The van der Waals surface area contributed by atoms with Crippen LogP contribution < -0.4 is 5.32 Å². The summed E-state index contributed by atoms with van der Waals surface area (Å²) in [6.07, 6.45) is 9.00. The third-order valence-corrected chi connectivity index (χ3v) is 8.94. The lowest BCUT2D eigenvalue weighted by Crippen LogP contribution is -2.25. The van der Waals surface area contributed by atoms with Gasteiger partial charge in [-0.05, 0) is 58.3 Å². The highest BCUT2D eigenvalue weighted by Crippen LogP contribution is 2.43. The van der Waals surface area contributed by atoms with Crippen molar-refractivity contribution < 1.29 is 0 Å². The molecule has 1 aromatic heterocycles. The average molecular weight is 493 g/mol. The van der Waals surface area contributed by atoms with E-state index in [2.05, 4.69) is 115 Å². The summed E-state index contributed by atoms with van der Waals surface area (Å²) in [5, 5.41) is 11.7. The first-order valence-electron chi connectivity index (χ1n) is 12.9. The fraction of sp³-hybridized carbons (Fsp3) is 0.0882. The van der Waals surface area contributed by atoms with Crippen LogP contribution in [0.1, 0.15) is 24.4 Å². The van der Waals surface area contributed by atoms with Gasteiger partial charge in [-0.1, -0.05) is 91.0 Å². The molecular formula is C34H24N2S. The van der Waals surface area contributed by atoms with Crippen LogP contribution in [-0.4, -0.2) is 5.71 Å². The van der Waals surface area contributed by atoms with E-state index in [1.807, 2.05) is 11.3 Å². The van der Waals surface area contributed by atoms with Gasteiger partial charge in [0, 0.05) is 25.6 Å². The van der Waals surface area contributed by atoms with Crippen molar-refractivity contribution in [1.29, 1.82) is 0 Å². The van der Waals surface area contributed by atoms with Gasteiger partial charge < -0.3 is 5.32 Å². The first kappa shape index (κ1) is 20.9. The lowest BCUT2D eigenvalue weighted by Gasteiger charge is -2.30. The second-order valence-corrected chi connectivity index (χ2v) is 11.0. The molecule has 3 heteroatoms. The topological polar surface area (TPSA) is 24.4 Å². The summed E-state index contributed by atoms with van der Waals surface area (Å²) in [7, 11) is 0. The molecule has 1 unspecified atom stereocenters. The van der Waals surface area contributed by atoms with Crippen molar-refractivity contribution in [3.63, 3.8) is 0 Å². The molecule has 0 radical (unpaired) electrons. The minimum absolute atomic E-state index is 0.0187. The molecule has 6 aromatic rings. The number of hydrogen-bond donors (Lipinski definition) is 1. The van der Waals surface area contributed by atoms with Gasteiger partial charge in [0.25, 0.3) is 0 Å². The van der Waals surface area contributed by atoms with Crippen molar-refractivity contribution in [2.45, 2.75) is 18.9 Å². The molecule has 0 bridgehead atoms. The Morgan fingerprint density at radius 3 is 2.49 bits per heavy atom. The zero-order valence-electron chi connectivity index (χ0n) is 20.2. The molecule has 1 N–H and O–H groups in total. The smallest absolute Gasteiger partial charge is 0.0947 e. The van der Waals surface area contributed by atoms with E-state index in [4.69, 9.17) is 4.99 Å². The first-order valence-corrected chi connectivity index (χ1v) is 13.7. The van der Waals surface area contributed by atoms with Crippen LogP contribution in [0.25, 0.3) is 41.7 Å². The molecule has 0 fully saturated rings. The zero-order chi connectivity index (χ0) is 24.3. The molecule has 0 amide bonds. The highest BCUT2D eigenvalue weighted by molar-refractivity contribution is 7.26. The van der Waals surface area contributed by atoms with Gasteiger partial charge in [-0.3, -0.25) is 0 Å². The SMILES string of the molecule is C1=CC(C2=Nc3ccc4ccccc4c3NC2c2ccc3c(ccc4c5ccccc5sc34)c2)=CCC1. The summed E-state index contributed by atoms with van der Waals surface area (Å²) in [6.45, 7) is 0. The van der Waals surface area contributed by atoms with Crippen molar-refractivity contribution in [3.05, 3.63) is 120 Å². The number of rotatable bonds is 2. The third kappa shape index (κ3) is 3.28. The standard InChI is InChI=1S/C34H24N2S/c1-2-9-22(10-3-1)31-32(36-33-25-11-5-4-8-21(25)16-19-29(33)35-31)24-15-17-26-23(20-24)14-18-28-27-12-6-7-13-30(27)37-34(26)28/h2,4-20,32,36H,1,3H2. The largest absolute Gasteiger partial charge is 0.370 e. The Balaban J connectivity index is 1.32. The Labute approximate surface area is 219 Å². The summed E-state index contributed by atoms with van der Waals surface area (Å²) >= 11 is 1.89. The molecule has 37 heavy (non-hydrogen) atoms. The maximum atomic E-state index is 5.27. The number of allylic oxidation sites excluding steroid dienone is 3. The molecule has 0 spiro atoms. The van der Waals surface area contributed by atoms with E-state index >= 15 is 0 Å². The van der Waals surface area contributed by atoms with E-state index < -0.39 is 0 Å². The van der Waals surface area contributed by atoms with Crippen molar-refractivity contribution in [1.82, 2.24) is 0 Å². The van der Waals surface area contributed by atoms with Crippen molar-refractivity contribution in [2.75, 3.05) is 5.32 Å². The van der Waals surface area contributed by atoms with Crippen LogP contribution in [0.5, 0.6) is 0 Å². The van der Waals surface area contributed by atoms with E-state index in [1.165, 1.54) is 52.9 Å². The summed E-state index contributed by atoms with van der Waals surface area (Å²) in [6, 6.07) is 33.1. The molecule has 0 saturated carbocycles. The molecule has 1 aliphatic heterocycles. The third-order valence-electron chi connectivity index (χ3n) is 7.72. The lowest BCUT2D eigenvalue weighted by molar-refractivity contribution is 0.995. The number of fused-ring (bicyclic) bond motifs is 8. The molecule has 2 aliphatic rings. The van der Waals surface area contributed by atoms with Crippen LogP contribution in [0.4, 0.5) is 11.4 Å². The summed E-state index contributed by atoms with van der Waals surface area (Å²) < 4.78 is 2.71. The maximum Gasteiger partial charge on any atom is 0.0947 e. The van der Waals surface area contributed by atoms with Gasteiger partial charge in [0.15, 0.2) is 0 Å². The molecule has 2 heterocycles. The van der Waals surface area contributed by atoms with Gasteiger partial charge in [-0.2, -0.15) is 0 Å². The number of benzene rings is 5. The van der Waals surface area contributed by atoms with Crippen LogP contribution in [0, 0.1) is 0 Å². The van der Waals surface area contributed by atoms with Crippen LogP contribution in [-0.2, 0) is 0 Å². The molecular weight excluding hydrogens is 468 g/mol. The predicted molar refractivity (Wildman–Crippen MR) is 161 cm³/mol. The number of hydrogen-bond acceptors (Lipinski definition) is 3. The van der Waals surface area contributed by atoms with E-state index in [0.717, 1.165) is 29.9 Å². The fourth-order valence-electron chi connectivity index (χ4n) is 5.90. The maximum absolute atomic E-state index is 5.27. The van der Waals surface area contributed by atoms with Crippen molar-refractivity contribution in [3.8, 4) is 0 Å². The Morgan fingerprint density at radius 2 is 1.57 bits per heavy atom. The van der Waals surface area contributed by atoms with Crippen molar-refractivity contribution >= 4 is 70.1 Å². The van der Waals surface area contributed by atoms with Gasteiger partial charge in [-0.15, -0.1) is 11.3 Å². The Bertz CT molecular complexity index is 1970. The highest BCUT2D eigenvalue weighted by atomic mass is 32.1. The van der Waals surface area contributed by atoms with Gasteiger partial charge in [0.1, 0.15) is 0 Å². The Hall–Kier alpha value is -4.21. The van der Waals surface area contributed by atoms with E-state index in [-0.39, 0.29) is 6.04 Å². The minimum Gasteiger partial charge on any atom is -0.370 e. The van der Waals surface area contributed by atoms with Gasteiger partial charge in [0.2, 0.25) is 0 Å². The number of nitrogens with zero attached hydrogens (tertiary/aromatic N) is 1. The second-order valence-electron chi connectivity index (χ2n) is 9.92. The van der Waals surface area contributed by atoms with Crippen LogP contribution in [0.3, 0.4) is 0 Å². The van der Waals surface area contributed by atoms with Gasteiger partial charge in [0.05, 0.1) is 23.1 Å². The fourth-order valence-corrected chi connectivity index (χ4v) is 7.14. The molecule has 8 rings (SSSR count). The molecule has 5 aromatic carbocycles. The minimum atomic E-state index is -0.0187. The normalized spacial score (nSPS) is 17.1. The molecule has 1 aliphatic carbocycles. The zero-order valence-corrected chi connectivity index (χ0v) is 21.1. The lowest BCUT2D eigenvalue weighted by atomic mass is 9.89. The Morgan fingerprint density at radius 1 is 0.730 bits per heavy atom. The molecule has 176 valence electrons. The Kier molecular flexibility index (Phi) is 4.61. The summed E-state index contributed by atoms with van der Waals surface area (Å²) in [5.41, 5.74) is 5.69. The predicted octanol–water partition coefficient (Wildman–Crippen LogP) is 9.88. The summed E-state index contributed by atoms with van der Waals surface area (Å²) in [4.78, 5) is 5.27. The average Bonchev–Trinajstić information content (AvgIpc) is 3.36. The van der Waals surface area contributed by atoms with Gasteiger partial charge >= 0.3 is 0 Å². The number of nitrogens with one attached hydrogen (secondary N) is 1. The first-order chi connectivity index (χ1) is 18.3. The quantitative estimate of drug-likeness (QED) is 0.255. The monoisotopic (exact) mass is 492 g/mol. The number of thiophene rings is 1. The molecule has 2 nitrogen and oxygen atoms in total. The second kappa shape index (κ2) is 8.16. The van der Waals surface area contributed by atoms with Crippen molar-refractivity contribution in [2.24, 2.45) is 4.99 Å². The van der Waals surface area contributed by atoms with Crippen LogP contribution in [0.2, 0.25) is 0 Å². The summed E-state index contributed by atoms with van der Waals surface area (Å²) in [5.74, 6) is 0. The molecule has 1 atom stereocenters. The number of anilines is 1. The van der Waals surface area contributed by atoms with E-state index in [0.29, 0.717) is 0 Å². The van der Waals surface area contributed by atoms with E-state index in [9.17, 15) is 0 Å². The van der Waals surface area contributed by atoms with Gasteiger partial charge in [-0.25, -0.2) is 4.99 Å².